The summed E-state index contributed by atoms with van der Waals surface area (Å²) in [5.41, 5.74) is 1.06. The third-order valence-electron chi connectivity index (χ3n) is 4.69. The summed E-state index contributed by atoms with van der Waals surface area (Å²) < 4.78 is 12.1. The van der Waals surface area contributed by atoms with Crippen LogP contribution in [0.25, 0.3) is 15.9 Å². The maximum atomic E-state index is 13.2. The molecule has 2 heterocycles. The number of carbonyl (C=O) groups excluding carboxylic acids is 1. The van der Waals surface area contributed by atoms with Crippen molar-refractivity contribution < 1.29 is 14.3 Å². The molecule has 0 unspecified atom stereocenters. The van der Waals surface area contributed by atoms with Crippen molar-refractivity contribution in [3.63, 3.8) is 0 Å². The standard InChI is InChI=1S/C23H21N3O4S2/c1-14-11-17-21(32-14)25-23(26(22(17)28)15-7-5-4-6-8-15)31-13-20(27)24-18-12-16(29-2)9-10-19(18)30-3/h4-12H,13H2,1-3H3,(H,24,27). The number of nitrogens with zero attached hydrogens (tertiary/aromatic N) is 2. The van der Waals surface area contributed by atoms with Crippen LogP contribution in [0.1, 0.15) is 4.88 Å². The second-order valence-electron chi connectivity index (χ2n) is 6.85. The summed E-state index contributed by atoms with van der Waals surface area (Å²) in [6.07, 6.45) is 0. The molecule has 1 amide bonds. The molecule has 7 nitrogen and oxygen atoms in total. The van der Waals surface area contributed by atoms with Gasteiger partial charge in [-0.15, -0.1) is 11.3 Å². The maximum Gasteiger partial charge on any atom is 0.267 e. The fourth-order valence-corrected chi connectivity index (χ4v) is 4.95. The molecule has 32 heavy (non-hydrogen) atoms. The van der Waals surface area contributed by atoms with Crippen LogP contribution in [0.4, 0.5) is 5.69 Å². The number of fused-ring (bicyclic) bond motifs is 1. The van der Waals surface area contributed by atoms with Gasteiger partial charge >= 0.3 is 0 Å². The van der Waals surface area contributed by atoms with Gasteiger partial charge in [0.2, 0.25) is 5.91 Å². The average Bonchev–Trinajstić information content (AvgIpc) is 3.18. The van der Waals surface area contributed by atoms with Gasteiger partial charge in [0.1, 0.15) is 16.3 Å². The Bertz CT molecular complexity index is 1330. The van der Waals surface area contributed by atoms with Gasteiger partial charge in [0.15, 0.2) is 5.16 Å². The van der Waals surface area contributed by atoms with Crippen LogP contribution in [0.15, 0.2) is 64.5 Å². The lowest BCUT2D eigenvalue weighted by atomic mass is 10.2. The normalized spacial score (nSPS) is 10.8. The van der Waals surface area contributed by atoms with Crippen LogP contribution >= 0.6 is 23.1 Å². The fourth-order valence-electron chi connectivity index (χ4n) is 3.21. The predicted octanol–water partition coefficient (Wildman–Crippen LogP) is 4.50. The number of hydrogen-bond donors (Lipinski definition) is 1. The van der Waals surface area contributed by atoms with Crippen molar-refractivity contribution in [2.24, 2.45) is 0 Å². The molecule has 0 aliphatic carbocycles. The minimum Gasteiger partial charge on any atom is -0.497 e. The molecule has 0 bridgehead atoms. The summed E-state index contributed by atoms with van der Waals surface area (Å²) >= 11 is 2.67. The van der Waals surface area contributed by atoms with Gasteiger partial charge in [-0.25, -0.2) is 4.98 Å². The number of aryl methyl sites for hydroxylation is 1. The van der Waals surface area contributed by atoms with E-state index in [0.29, 0.717) is 38.2 Å². The molecule has 0 spiro atoms. The first-order valence-electron chi connectivity index (χ1n) is 9.73. The average molecular weight is 468 g/mol. The van der Waals surface area contributed by atoms with Gasteiger partial charge < -0.3 is 14.8 Å². The highest BCUT2D eigenvalue weighted by Crippen LogP contribution is 2.30. The Labute approximate surface area is 193 Å². The van der Waals surface area contributed by atoms with E-state index in [-0.39, 0.29) is 17.2 Å². The first-order chi connectivity index (χ1) is 15.5. The molecule has 9 heteroatoms. The van der Waals surface area contributed by atoms with E-state index in [1.807, 2.05) is 43.3 Å². The quantitative estimate of drug-likeness (QED) is 0.318. The number of rotatable bonds is 7. The Balaban J connectivity index is 1.63. The number of para-hydroxylation sites is 1. The maximum absolute atomic E-state index is 13.2. The number of hydrogen-bond acceptors (Lipinski definition) is 7. The molecule has 2 aromatic carbocycles. The summed E-state index contributed by atoms with van der Waals surface area (Å²) in [6.45, 7) is 1.94. The molecule has 4 rings (SSSR count). The van der Waals surface area contributed by atoms with Crippen molar-refractivity contribution >= 4 is 44.9 Å². The van der Waals surface area contributed by atoms with Crippen LogP contribution in [0.5, 0.6) is 11.5 Å². The number of thioether (sulfide) groups is 1. The summed E-state index contributed by atoms with van der Waals surface area (Å²) in [6, 6.07) is 16.3. The highest BCUT2D eigenvalue weighted by molar-refractivity contribution is 7.99. The summed E-state index contributed by atoms with van der Waals surface area (Å²) in [7, 11) is 3.09. The number of anilines is 1. The Morgan fingerprint density at radius 1 is 1.12 bits per heavy atom. The van der Waals surface area contributed by atoms with Crippen molar-refractivity contribution in [1.29, 1.82) is 0 Å². The number of carbonyl (C=O) groups is 1. The van der Waals surface area contributed by atoms with Crippen molar-refractivity contribution in [2.45, 2.75) is 12.1 Å². The van der Waals surface area contributed by atoms with E-state index >= 15 is 0 Å². The molecular weight excluding hydrogens is 446 g/mol. The smallest absolute Gasteiger partial charge is 0.267 e. The first-order valence-corrected chi connectivity index (χ1v) is 11.5. The van der Waals surface area contributed by atoms with E-state index in [1.165, 1.54) is 30.2 Å². The van der Waals surface area contributed by atoms with Crippen LogP contribution < -0.4 is 20.3 Å². The number of thiophene rings is 1. The van der Waals surface area contributed by atoms with Gasteiger partial charge in [-0.05, 0) is 37.3 Å². The Morgan fingerprint density at radius 2 is 1.91 bits per heavy atom. The topological polar surface area (TPSA) is 82.5 Å². The largest absolute Gasteiger partial charge is 0.497 e. The van der Waals surface area contributed by atoms with Gasteiger partial charge in [-0.3, -0.25) is 14.2 Å². The second-order valence-corrected chi connectivity index (χ2v) is 9.03. The van der Waals surface area contributed by atoms with Gasteiger partial charge in [0.05, 0.1) is 36.7 Å². The van der Waals surface area contributed by atoms with Crippen LogP contribution in [0, 0.1) is 6.92 Å². The number of nitrogens with one attached hydrogen (secondary N) is 1. The summed E-state index contributed by atoms with van der Waals surface area (Å²) in [5, 5.41) is 3.88. The summed E-state index contributed by atoms with van der Waals surface area (Å²) in [5.74, 6) is 0.943. The zero-order valence-electron chi connectivity index (χ0n) is 17.7. The lowest BCUT2D eigenvalue weighted by molar-refractivity contribution is -0.113. The molecule has 0 radical (unpaired) electrons. The van der Waals surface area contributed by atoms with E-state index in [2.05, 4.69) is 5.32 Å². The Morgan fingerprint density at radius 3 is 2.62 bits per heavy atom. The number of methoxy groups -OCH3 is 2. The van der Waals surface area contributed by atoms with Crippen molar-refractivity contribution in [3.8, 4) is 17.2 Å². The SMILES string of the molecule is COc1ccc(OC)c(NC(=O)CSc2nc3sc(C)cc3c(=O)n2-c2ccccc2)c1. The molecule has 0 saturated carbocycles. The molecule has 0 atom stereocenters. The lowest BCUT2D eigenvalue weighted by Crippen LogP contribution is -2.22. The molecule has 2 aromatic heterocycles. The van der Waals surface area contributed by atoms with Crippen molar-refractivity contribution in [2.75, 3.05) is 25.3 Å². The molecule has 0 aliphatic heterocycles. The molecule has 164 valence electrons. The van der Waals surface area contributed by atoms with Crippen LogP contribution in [0.2, 0.25) is 0 Å². The number of amides is 1. The van der Waals surface area contributed by atoms with E-state index in [4.69, 9.17) is 14.5 Å². The van der Waals surface area contributed by atoms with Gasteiger partial charge in [0.25, 0.3) is 5.56 Å². The highest BCUT2D eigenvalue weighted by atomic mass is 32.2. The van der Waals surface area contributed by atoms with Gasteiger partial charge in [0, 0.05) is 10.9 Å². The summed E-state index contributed by atoms with van der Waals surface area (Å²) in [4.78, 5) is 32.3. The van der Waals surface area contributed by atoms with Crippen molar-refractivity contribution in [3.05, 3.63) is 69.8 Å². The monoisotopic (exact) mass is 467 g/mol. The Kier molecular flexibility index (Phi) is 6.48. The second kappa shape index (κ2) is 9.46. The fraction of sp³-hybridized carbons (Fsp3) is 0.174. The first kappa shape index (κ1) is 21.9. The molecule has 0 fully saturated rings. The minimum atomic E-state index is -0.252. The van der Waals surface area contributed by atoms with E-state index in [1.54, 1.807) is 29.9 Å². The minimum absolute atomic E-state index is 0.0650. The Hall–Kier alpha value is -3.30. The zero-order chi connectivity index (χ0) is 22.7. The molecule has 4 aromatic rings. The van der Waals surface area contributed by atoms with Crippen LogP contribution in [-0.4, -0.2) is 35.4 Å². The highest BCUT2D eigenvalue weighted by Gasteiger charge is 2.17. The number of aromatic nitrogens is 2. The zero-order valence-corrected chi connectivity index (χ0v) is 19.4. The number of ether oxygens (including phenoxy) is 2. The number of benzene rings is 2. The van der Waals surface area contributed by atoms with Crippen LogP contribution in [0.3, 0.4) is 0 Å². The van der Waals surface area contributed by atoms with Crippen LogP contribution in [-0.2, 0) is 4.79 Å². The molecule has 0 aliphatic rings. The molecule has 0 saturated heterocycles. The van der Waals surface area contributed by atoms with E-state index < -0.39 is 0 Å². The van der Waals surface area contributed by atoms with E-state index in [9.17, 15) is 9.59 Å². The van der Waals surface area contributed by atoms with Gasteiger partial charge in [-0.1, -0.05) is 30.0 Å². The predicted molar refractivity (Wildman–Crippen MR) is 129 cm³/mol. The van der Waals surface area contributed by atoms with E-state index in [0.717, 1.165) is 4.88 Å². The molecular formula is C23H21N3O4S2. The van der Waals surface area contributed by atoms with Gasteiger partial charge in [-0.2, -0.15) is 0 Å². The lowest BCUT2D eigenvalue weighted by Gasteiger charge is -2.13. The third-order valence-corrected chi connectivity index (χ3v) is 6.57. The third kappa shape index (κ3) is 4.49. The van der Waals surface area contributed by atoms with Crippen molar-refractivity contribution in [1.82, 2.24) is 9.55 Å². The molecule has 1 N–H and O–H groups in total.